The van der Waals surface area contributed by atoms with Crippen molar-refractivity contribution in [2.24, 2.45) is 0 Å². The van der Waals surface area contributed by atoms with Crippen LogP contribution in [0.3, 0.4) is 0 Å². The van der Waals surface area contributed by atoms with Gasteiger partial charge in [-0.25, -0.2) is 0 Å². The molecule has 1 aromatic heterocycles. The van der Waals surface area contributed by atoms with Crippen LogP contribution in [0.25, 0.3) is 76.9 Å². The van der Waals surface area contributed by atoms with Crippen LogP contribution in [-0.2, 0) is 0 Å². The second-order valence-corrected chi connectivity index (χ2v) is 15.4. The van der Waals surface area contributed by atoms with Gasteiger partial charge in [0, 0.05) is 27.7 Å². The van der Waals surface area contributed by atoms with Crippen molar-refractivity contribution < 1.29 is 4.42 Å². The number of rotatable bonds is 7. The Morgan fingerprint density at radius 2 is 1.17 bits per heavy atom. The van der Waals surface area contributed by atoms with Crippen LogP contribution in [0.1, 0.15) is 36.8 Å². The van der Waals surface area contributed by atoms with E-state index in [9.17, 15) is 0 Å². The summed E-state index contributed by atoms with van der Waals surface area (Å²) >= 11 is 0. The minimum absolute atomic E-state index is 0.880. The number of fused-ring (bicyclic) bond motifs is 6. The van der Waals surface area contributed by atoms with Crippen LogP contribution in [0.2, 0.25) is 0 Å². The summed E-state index contributed by atoms with van der Waals surface area (Å²) in [7, 11) is 0. The Morgan fingerprint density at radius 3 is 2.00 bits per heavy atom. The fourth-order valence-electron chi connectivity index (χ4n) is 9.10. The molecule has 0 bridgehead atoms. The van der Waals surface area contributed by atoms with Crippen LogP contribution in [-0.4, -0.2) is 0 Å². The van der Waals surface area contributed by atoms with Crippen LogP contribution in [0.4, 0.5) is 11.4 Å². The highest BCUT2D eigenvalue weighted by Crippen LogP contribution is 2.47. The maximum Gasteiger partial charge on any atom is 0.143 e. The van der Waals surface area contributed by atoms with Gasteiger partial charge in [0.1, 0.15) is 11.2 Å². The summed E-state index contributed by atoms with van der Waals surface area (Å²) in [6.07, 6.45) is 15.6. The molecule has 0 spiro atoms. The molecule has 0 atom stereocenters. The number of furan rings is 1. The van der Waals surface area contributed by atoms with Gasteiger partial charge in [-0.2, -0.15) is 0 Å². The first-order valence-electron chi connectivity index (χ1n) is 20.5. The second-order valence-electron chi connectivity index (χ2n) is 15.4. The van der Waals surface area contributed by atoms with E-state index >= 15 is 0 Å². The molecule has 276 valence electrons. The minimum Gasteiger partial charge on any atom is -0.455 e. The Kier molecular flexibility index (Phi) is 8.47. The van der Waals surface area contributed by atoms with E-state index in [1.54, 1.807) is 0 Å². The van der Waals surface area contributed by atoms with Gasteiger partial charge in [0.15, 0.2) is 0 Å². The van der Waals surface area contributed by atoms with Gasteiger partial charge in [0.2, 0.25) is 0 Å². The number of benzene rings is 8. The van der Waals surface area contributed by atoms with Gasteiger partial charge in [-0.1, -0.05) is 164 Å². The molecule has 1 heterocycles. The summed E-state index contributed by atoms with van der Waals surface area (Å²) in [5.41, 5.74) is 15.1. The smallest absolute Gasteiger partial charge is 0.143 e. The quantitative estimate of drug-likeness (QED) is 0.162. The third kappa shape index (κ3) is 5.97. The average molecular weight is 744 g/mol. The third-order valence-electron chi connectivity index (χ3n) is 12.0. The van der Waals surface area contributed by atoms with Gasteiger partial charge in [-0.3, -0.25) is 0 Å². The lowest BCUT2D eigenvalue weighted by Crippen LogP contribution is -2.19. The summed E-state index contributed by atoms with van der Waals surface area (Å²) in [5.74, 6) is 0. The van der Waals surface area contributed by atoms with Crippen LogP contribution in [0.5, 0.6) is 0 Å². The van der Waals surface area contributed by atoms with Gasteiger partial charge >= 0.3 is 0 Å². The highest BCUT2D eigenvalue weighted by Gasteiger charge is 2.25. The van der Waals surface area contributed by atoms with Gasteiger partial charge < -0.3 is 9.32 Å². The maximum absolute atomic E-state index is 6.93. The van der Waals surface area contributed by atoms with E-state index in [-0.39, 0.29) is 0 Å². The van der Waals surface area contributed by atoms with E-state index in [0.717, 1.165) is 64.4 Å². The van der Waals surface area contributed by atoms with E-state index in [4.69, 9.17) is 4.42 Å². The summed E-state index contributed by atoms with van der Waals surface area (Å²) < 4.78 is 6.93. The first-order chi connectivity index (χ1) is 28.8. The molecule has 2 nitrogen and oxygen atoms in total. The topological polar surface area (TPSA) is 16.4 Å². The Bertz CT molecular complexity index is 3140. The normalized spacial score (nSPS) is 14.2. The zero-order valence-corrected chi connectivity index (χ0v) is 32.2. The minimum atomic E-state index is 0.880. The van der Waals surface area contributed by atoms with Crippen molar-refractivity contribution in [3.05, 3.63) is 217 Å². The Morgan fingerprint density at radius 1 is 0.466 bits per heavy atom. The summed E-state index contributed by atoms with van der Waals surface area (Å²) in [6, 6.07) is 62.0. The molecule has 0 radical (unpaired) electrons. The molecule has 8 aromatic carbocycles. The highest BCUT2D eigenvalue weighted by atomic mass is 16.3. The first kappa shape index (κ1) is 34.1. The van der Waals surface area contributed by atoms with Crippen molar-refractivity contribution in [3.63, 3.8) is 0 Å². The van der Waals surface area contributed by atoms with Crippen molar-refractivity contribution in [3.8, 4) is 22.3 Å². The fourth-order valence-corrected chi connectivity index (χ4v) is 9.10. The van der Waals surface area contributed by atoms with Crippen LogP contribution < -0.4 is 4.90 Å². The van der Waals surface area contributed by atoms with E-state index < -0.39 is 0 Å². The van der Waals surface area contributed by atoms with Crippen molar-refractivity contribution in [1.82, 2.24) is 0 Å². The van der Waals surface area contributed by atoms with Crippen molar-refractivity contribution >= 4 is 66.0 Å². The molecule has 2 heteroatoms. The van der Waals surface area contributed by atoms with Crippen molar-refractivity contribution in [2.45, 2.75) is 25.7 Å². The van der Waals surface area contributed by atoms with Crippen LogP contribution in [0, 0.1) is 0 Å². The van der Waals surface area contributed by atoms with Gasteiger partial charge in [0.25, 0.3) is 0 Å². The Balaban J connectivity index is 1.15. The third-order valence-corrected chi connectivity index (χ3v) is 12.0. The van der Waals surface area contributed by atoms with Crippen LogP contribution in [0.15, 0.2) is 210 Å². The summed E-state index contributed by atoms with van der Waals surface area (Å²) in [5, 5.41) is 7.01. The molecule has 0 aliphatic heterocycles. The standard InChI is InChI=1S/C56H41NO/c1-3-14-38(15-4-1)41-26-29-43(30-27-41)47-20-11-12-23-52(47)57(46-34-32-42(33-35-46)39-16-5-2-6-17-39)53-24-13-25-54-55(53)51-37-50(48-21-9-10-22-49(48)56(51)58-54)45-31-28-40-18-7-8-19-44(40)36-45/h2-3,5-11,13-22,24-37H,1,4,12,23H2. The molecule has 0 amide bonds. The lowest BCUT2D eigenvalue weighted by molar-refractivity contribution is 0.672. The summed E-state index contributed by atoms with van der Waals surface area (Å²) in [4.78, 5) is 2.51. The lowest BCUT2D eigenvalue weighted by Gasteiger charge is -2.32. The second kappa shape index (κ2) is 14.4. The van der Waals surface area contributed by atoms with E-state index in [1.807, 2.05) is 0 Å². The predicted molar refractivity (Wildman–Crippen MR) is 246 cm³/mol. The monoisotopic (exact) mass is 743 g/mol. The molecular weight excluding hydrogens is 703 g/mol. The van der Waals surface area contributed by atoms with Gasteiger partial charge in [-0.05, 0) is 117 Å². The molecule has 0 fully saturated rings. The zero-order chi connectivity index (χ0) is 38.4. The van der Waals surface area contributed by atoms with E-state index in [1.165, 1.54) is 66.4 Å². The molecule has 58 heavy (non-hydrogen) atoms. The largest absolute Gasteiger partial charge is 0.455 e. The molecule has 0 unspecified atom stereocenters. The Hall–Kier alpha value is -7.16. The molecule has 0 saturated carbocycles. The van der Waals surface area contributed by atoms with E-state index in [0.29, 0.717) is 0 Å². The van der Waals surface area contributed by atoms with Crippen LogP contribution >= 0.6 is 0 Å². The molecule has 2 aliphatic carbocycles. The molecule has 9 aromatic rings. The molecular formula is C56H41NO. The summed E-state index contributed by atoms with van der Waals surface area (Å²) in [6.45, 7) is 0. The Labute approximate surface area is 339 Å². The molecule has 11 rings (SSSR count). The van der Waals surface area contributed by atoms with E-state index in [2.05, 4.69) is 205 Å². The number of allylic oxidation sites excluding steroid dienone is 8. The lowest BCUT2D eigenvalue weighted by atomic mass is 9.92. The number of hydrogen-bond donors (Lipinski definition) is 0. The van der Waals surface area contributed by atoms with Crippen molar-refractivity contribution in [2.75, 3.05) is 4.90 Å². The number of hydrogen-bond acceptors (Lipinski definition) is 2. The van der Waals surface area contributed by atoms with Gasteiger partial charge in [-0.15, -0.1) is 0 Å². The highest BCUT2D eigenvalue weighted by molar-refractivity contribution is 6.22. The fraction of sp³-hybridized carbons (Fsp3) is 0.0714. The predicted octanol–water partition coefficient (Wildman–Crippen LogP) is 15.9. The number of nitrogens with zero attached hydrogens (tertiary/aromatic N) is 1. The first-order valence-corrected chi connectivity index (χ1v) is 20.5. The average Bonchev–Trinajstić information content (AvgIpc) is 3.69. The van der Waals surface area contributed by atoms with Crippen molar-refractivity contribution in [1.29, 1.82) is 0 Å². The number of anilines is 2. The molecule has 0 saturated heterocycles. The zero-order valence-electron chi connectivity index (χ0n) is 32.2. The SMILES string of the molecule is C1=CC(c2ccc(C3=C(N(c4ccc(-c5ccccc5)cc4)c4cccc5oc6c7ccccc7c(-c7ccc8ccccc8c7)cc6c45)CCC=C3)cc2)=CCC1. The van der Waals surface area contributed by atoms with Gasteiger partial charge in [0.05, 0.1) is 11.1 Å². The molecule has 0 N–H and O–H groups in total. The molecule has 2 aliphatic rings. The maximum atomic E-state index is 6.93.